The zero-order valence-electron chi connectivity index (χ0n) is 25.5. The SMILES string of the molecule is COC(OC)[C@@H]1OC(C)(C)O[C@H]1[C@H](O[C@@H]1O[C@H](CO)[C@@H]2OC(C)(C)O[C@@H]2[C@H]1OC(C)(C)OC)[C@H]1COC(C)(C)O1. The molecule has 0 amide bonds. The van der Waals surface area contributed by atoms with Gasteiger partial charge in [0.15, 0.2) is 35.7 Å². The van der Waals surface area contributed by atoms with Crippen molar-refractivity contribution in [1.82, 2.24) is 0 Å². The molecular formula is C27H48O13. The minimum absolute atomic E-state index is 0.221. The van der Waals surface area contributed by atoms with E-state index in [1.807, 2.05) is 13.8 Å². The van der Waals surface area contributed by atoms with Gasteiger partial charge in [0.05, 0.1) is 13.2 Å². The van der Waals surface area contributed by atoms with Gasteiger partial charge >= 0.3 is 0 Å². The maximum atomic E-state index is 10.3. The number of methoxy groups -OCH3 is 3. The van der Waals surface area contributed by atoms with Gasteiger partial charge in [0.1, 0.15) is 48.8 Å². The largest absolute Gasteiger partial charge is 0.394 e. The average Bonchev–Trinajstić information content (AvgIpc) is 3.50. The second kappa shape index (κ2) is 11.9. The highest BCUT2D eigenvalue weighted by atomic mass is 16.8. The third-order valence-corrected chi connectivity index (χ3v) is 7.43. The molecule has 4 aliphatic rings. The molecule has 1 N–H and O–H groups in total. The van der Waals surface area contributed by atoms with Gasteiger partial charge in [-0.3, -0.25) is 0 Å². The predicted molar refractivity (Wildman–Crippen MR) is 137 cm³/mol. The molecule has 0 aromatic rings. The summed E-state index contributed by atoms with van der Waals surface area (Å²) in [6.07, 6.45) is -7.46. The van der Waals surface area contributed by atoms with E-state index in [1.54, 1.807) is 48.7 Å². The van der Waals surface area contributed by atoms with Crippen LogP contribution in [-0.4, -0.2) is 124 Å². The molecule has 0 unspecified atom stereocenters. The van der Waals surface area contributed by atoms with E-state index in [2.05, 4.69) is 0 Å². The van der Waals surface area contributed by atoms with Gasteiger partial charge in [-0.25, -0.2) is 0 Å². The number of rotatable bonds is 11. The molecule has 0 aromatic carbocycles. The second-order valence-electron chi connectivity index (χ2n) is 12.3. The van der Waals surface area contributed by atoms with Crippen molar-refractivity contribution in [3.8, 4) is 0 Å². The van der Waals surface area contributed by atoms with Crippen LogP contribution in [0.15, 0.2) is 0 Å². The van der Waals surface area contributed by atoms with E-state index in [4.69, 9.17) is 56.8 Å². The Bertz CT molecular complexity index is 844. The second-order valence-corrected chi connectivity index (χ2v) is 12.3. The summed E-state index contributed by atoms with van der Waals surface area (Å²) in [5.74, 6) is -3.80. The van der Waals surface area contributed by atoms with Crippen molar-refractivity contribution in [3.05, 3.63) is 0 Å². The fourth-order valence-corrected chi connectivity index (χ4v) is 5.65. The van der Waals surface area contributed by atoms with Crippen molar-refractivity contribution in [2.24, 2.45) is 0 Å². The average molecular weight is 581 g/mol. The Morgan fingerprint density at radius 2 is 1.43 bits per heavy atom. The van der Waals surface area contributed by atoms with Crippen molar-refractivity contribution >= 4 is 0 Å². The molecule has 40 heavy (non-hydrogen) atoms. The lowest BCUT2D eigenvalue weighted by Crippen LogP contribution is -2.63. The molecule has 13 nitrogen and oxygen atoms in total. The third-order valence-electron chi connectivity index (χ3n) is 7.43. The van der Waals surface area contributed by atoms with E-state index in [9.17, 15) is 5.11 Å². The lowest BCUT2D eigenvalue weighted by Gasteiger charge is -2.45. The summed E-state index contributed by atoms with van der Waals surface area (Å²) in [6, 6.07) is 0. The maximum Gasteiger partial charge on any atom is 0.187 e. The van der Waals surface area contributed by atoms with E-state index in [1.165, 1.54) is 14.2 Å². The number of fused-ring (bicyclic) bond motifs is 1. The molecule has 4 aliphatic heterocycles. The molecule has 234 valence electrons. The highest BCUT2D eigenvalue weighted by Gasteiger charge is 2.60. The van der Waals surface area contributed by atoms with E-state index in [0.717, 1.165) is 0 Å². The van der Waals surface area contributed by atoms with Crippen LogP contribution >= 0.6 is 0 Å². The summed E-state index contributed by atoms with van der Waals surface area (Å²) in [6.45, 7) is 14.3. The van der Waals surface area contributed by atoms with E-state index < -0.39 is 84.6 Å². The van der Waals surface area contributed by atoms with Gasteiger partial charge in [0, 0.05) is 21.3 Å². The lowest BCUT2D eigenvalue weighted by molar-refractivity contribution is -0.354. The fourth-order valence-electron chi connectivity index (χ4n) is 5.65. The van der Waals surface area contributed by atoms with Gasteiger partial charge in [0.2, 0.25) is 0 Å². The van der Waals surface area contributed by atoms with Crippen molar-refractivity contribution in [1.29, 1.82) is 0 Å². The zero-order valence-corrected chi connectivity index (χ0v) is 25.5. The smallest absolute Gasteiger partial charge is 0.187 e. The van der Waals surface area contributed by atoms with Crippen molar-refractivity contribution in [3.63, 3.8) is 0 Å². The Kier molecular flexibility index (Phi) is 9.61. The lowest BCUT2D eigenvalue weighted by atomic mass is 9.97. The summed E-state index contributed by atoms with van der Waals surface area (Å²) in [7, 11) is 4.60. The van der Waals surface area contributed by atoms with Gasteiger partial charge in [-0.15, -0.1) is 0 Å². The molecular weight excluding hydrogens is 532 g/mol. The maximum absolute atomic E-state index is 10.3. The minimum atomic E-state index is -1.06. The molecule has 0 radical (unpaired) electrons. The first-order valence-electron chi connectivity index (χ1n) is 13.8. The summed E-state index contributed by atoms with van der Waals surface area (Å²) in [5, 5.41) is 10.3. The molecule has 13 heteroatoms. The zero-order chi connectivity index (χ0) is 29.7. The first-order chi connectivity index (χ1) is 18.5. The van der Waals surface area contributed by atoms with Crippen LogP contribution in [0.3, 0.4) is 0 Å². The quantitative estimate of drug-likeness (QED) is 0.356. The van der Waals surface area contributed by atoms with Crippen molar-refractivity contribution < 1.29 is 61.9 Å². The van der Waals surface area contributed by atoms with Crippen LogP contribution in [0.1, 0.15) is 55.4 Å². The first-order valence-corrected chi connectivity index (χ1v) is 13.8. The topological polar surface area (TPSA) is 131 Å². The molecule has 4 rings (SSSR count). The van der Waals surface area contributed by atoms with Crippen molar-refractivity contribution in [2.75, 3.05) is 34.5 Å². The monoisotopic (exact) mass is 580 g/mol. The third kappa shape index (κ3) is 6.99. The van der Waals surface area contributed by atoms with Gasteiger partial charge < -0.3 is 61.9 Å². The Balaban J connectivity index is 1.71. The number of aliphatic hydroxyl groups is 1. The Labute approximate surface area is 236 Å². The van der Waals surface area contributed by atoms with E-state index in [-0.39, 0.29) is 13.2 Å². The number of ether oxygens (including phenoxy) is 12. The molecule has 4 saturated heterocycles. The molecule has 0 saturated carbocycles. The first kappa shape index (κ1) is 32.4. The number of hydrogen-bond acceptors (Lipinski definition) is 13. The molecule has 4 fully saturated rings. The minimum Gasteiger partial charge on any atom is -0.394 e. The molecule has 0 spiro atoms. The molecule has 0 aliphatic carbocycles. The number of aliphatic hydroxyl groups excluding tert-OH is 1. The van der Waals surface area contributed by atoms with Crippen LogP contribution in [0.5, 0.6) is 0 Å². The van der Waals surface area contributed by atoms with Crippen LogP contribution in [0.25, 0.3) is 0 Å². The Morgan fingerprint density at radius 3 is 1.98 bits per heavy atom. The highest BCUT2D eigenvalue weighted by Crippen LogP contribution is 2.43. The molecule has 9 atom stereocenters. The fraction of sp³-hybridized carbons (Fsp3) is 1.00. The summed E-state index contributed by atoms with van der Waals surface area (Å²) >= 11 is 0. The van der Waals surface area contributed by atoms with E-state index >= 15 is 0 Å². The molecule has 0 bridgehead atoms. The standard InChI is InChI=1S/C27H48O13/c1-24(2,31-11)39-21-19-17(36-26(5,6)38-19)14(12-28)33-23(21)34-16(15-13-32-25(3,4)35-15)18-20(22(29-9)30-10)40-27(7,8)37-18/h14-23,28H,12-13H2,1-11H3/t14-,15-,16-,17+,18+,19+,20-,21-,23+/m1/s1. The van der Waals surface area contributed by atoms with Gasteiger partial charge in [-0.2, -0.15) is 0 Å². The normalized spacial score (nSPS) is 39.5. The van der Waals surface area contributed by atoms with Gasteiger partial charge in [0.25, 0.3) is 0 Å². The Hall–Kier alpha value is -0.520. The van der Waals surface area contributed by atoms with Gasteiger partial charge in [-0.05, 0) is 55.4 Å². The number of hydrogen-bond donors (Lipinski definition) is 1. The summed E-state index contributed by atoms with van der Waals surface area (Å²) in [5.41, 5.74) is 0. The van der Waals surface area contributed by atoms with Crippen LogP contribution < -0.4 is 0 Å². The Morgan fingerprint density at radius 1 is 0.825 bits per heavy atom. The van der Waals surface area contributed by atoms with E-state index in [0.29, 0.717) is 0 Å². The predicted octanol–water partition coefficient (Wildman–Crippen LogP) is 1.67. The van der Waals surface area contributed by atoms with Crippen LogP contribution in [0, 0.1) is 0 Å². The summed E-state index contributed by atoms with van der Waals surface area (Å²) < 4.78 is 73.4. The summed E-state index contributed by atoms with van der Waals surface area (Å²) in [4.78, 5) is 0. The van der Waals surface area contributed by atoms with Crippen molar-refractivity contribution in [2.45, 2.75) is 140 Å². The van der Waals surface area contributed by atoms with Crippen LogP contribution in [0.4, 0.5) is 0 Å². The van der Waals surface area contributed by atoms with Crippen LogP contribution in [-0.2, 0) is 56.8 Å². The molecule has 4 heterocycles. The highest BCUT2D eigenvalue weighted by molar-refractivity contribution is 5.00. The van der Waals surface area contributed by atoms with Crippen LogP contribution in [0.2, 0.25) is 0 Å². The molecule has 0 aromatic heterocycles. The van der Waals surface area contributed by atoms with Gasteiger partial charge in [-0.1, -0.05) is 0 Å².